The Kier molecular flexibility index (Phi) is 12.6. The van der Waals surface area contributed by atoms with Crippen molar-refractivity contribution < 1.29 is 14.6 Å². The Bertz CT molecular complexity index is 917. The molecule has 1 amide bonds. The summed E-state index contributed by atoms with van der Waals surface area (Å²) in [6, 6.07) is 9.38. The molecule has 1 atom stereocenters. The second-order valence-electron chi connectivity index (χ2n) is 9.02. The normalized spacial score (nSPS) is 11.9. The smallest absolute Gasteiger partial charge is 0.265 e. The molecule has 0 aliphatic rings. The fourth-order valence-corrected chi connectivity index (χ4v) is 4.34. The molecule has 0 fully saturated rings. The van der Waals surface area contributed by atoms with Crippen LogP contribution < -0.4 is 10.1 Å². The van der Waals surface area contributed by atoms with Crippen molar-refractivity contribution in [3.05, 3.63) is 51.5 Å². The molecule has 0 aliphatic carbocycles. The van der Waals surface area contributed by atoms with Gasteiger partial charge in [-0.2, -0.15) is 0 Å². The number of hydrogen-bond acceptors (Lipinski definition) is 3. The number of halogens is 2. The molecule has 2 rings (SSSR count). The van der Waals surface area contributed by atoms with Crippen molar-refractivity contribution >= 4 is 34.8 Å². The van der Waals surface area contributed by atoms with Crippen LogP contribution in [-0.2, 0) is 11.2 Å². The Hall–Kier alpha value is -1.91. The summed E-state index contributed by atoms with van der Waals surface area (Å²) >= 11 is 12.2. The van der Waals surface area contributed by atoms with Gasteiger partial charge in [-0.15, -0.1) is 0 Å². The Morgan fingerprint density at radius 3 is 2.26 bits per heavy atom. The first-order valence-electron chi connectivity index (χ1n) is 12.6. The van der Waals surface area contributed by atoms with Crippen LogP contribution in [0.5, 0.6) is 11.5 Å². The van der Waals surface area contributed by atoms with Crippen LogP contribution in [0.1, 0.15) is 89.2 Å². The summed E-state index contributed by atoms with van der Waals surface area (Å²) in [5.41, 5.74) is 1.93. The molecular weight excluding hydrogens is 469 g/mol. The summed E-state index contributed by atoms with van der Waals surface area (Å²) in [5.74, 6) is 0.0467. The summed E-state index contributed by atoms with van der Waals surface area (Å²) in [6.07, 6.45) is 13.4. The zero-order chi connectivity index (χ0) is 24.9. The number of phenols is 1. The molecule has 1 unspecified atom stereocenters. The Morgan fingerprint density at radius 1 is 1.00 bits per heavy atom. The Labute approximate surface area is 215 Å². The number of unbranched alkanes of at least 4 members (excludes halogenated alkanes) is 9. The van der Waals surface area contributed by atoms with Gasteiger partial charge in [0, 0.05) is 5.02 Å². The van der Waals surface area contributed by atoms with Gasteiger partial charge >= 0.3 is 0 Å². The standard InChI is InChI=1S/C28H39Cl2NO3/c1-4-5-6-7-8-9-10-11-12-13-15-22-16-14-17-23(18-22)34-21(3)28(33)31-25-19-24(29)20(2)26(30)27(25)32/h14,16-19,21,32H,4-13,15H2,1-3H3,(H,31,33). The summed E-state index contributed by atoms with van der Waals surface area (Å²) in [4.78, 5) is 12.6. The van der Waals surface area contributed by atoms with Gasteiger partial charge in [0.05, 0.1) is 10.7 Å². The van der Waals surface area contributed by atoms with Gasteiger partial charge in [-0.05, 0) is 56.0 Å². The van der Waals surface area contributed by atoms with Crippen LogP contribution in [0.3, 0.4) is 0 Å². The second-order valence-corrected chi connectivity index (χ2v) is 9.81. The highest BCUT2D eigenvalue weighted by Gasteiger charge is 2.19. The molecule has 4 nitrogen and oxygen atoms in total. The van der Waals surface area contributed by atoms with Gasteiger partial charge in [-0.1, -0.05) is 100 Å². The monoisotopic (exact) mass is 507 g/mol. The first-order chi connectivity index (χ1) is 16.3. The molecular formula is C28H39Cl2NO3. The van der Waals surface area contributed by atoms with Gasteiger partial charge in [-0.25, -0.2) is 0 Å². The number of hydrogen-bond donors (Lipinski definition) is 2. The first-order valence-corrected chi connectivity index (χ1v) is 13.3. The number of carbonyl (C=O) groups is 1. The van der Waals surface area contributed by atoms with Crippen LogP contribution in [0.4, 0.5) is 5.69 Å². The number of aromatic hydroxyl groups is 1. The van der Waals surface area contributed by atoms with Crippen molar-refractivity contribution in [3.63, 3.8) is 0 Å². The molecule has 34 heavy (non-hydrogen) atoms. The molecule has 0 spiro atoms. The summed E-state index contributed by atoms with van der Waals surface area (Å²) < 4.78 is 5.85. The van der Waals surface area contributed by atoms with Crippen molar-refractivity contribution in [2.75, 3.05) is 5.32 Å². The van der Waals surface area contributed by atoms with E-state index in [-0.39, 0.29) is 16.5 Å². The van der Waals surface area contributed by atoms with Gasteiger partial charge in [0.25, 0.3) is 5.91 Å². The van der Waals surface area contributed by atoms with Gasteiger partial charge in [-0.3, -0.25) is 4.79 Å². The topological polar surface area (TPSA) is 58.6 Å². The second kappa shape index (κ2) is 15.2. The number of anilines is 1. The molecule has 2 aromatic rings. The van der Waals surface area contributed by atoms with Crippen LogP contribution in [0.15, 0.2) is 30.3 Å². The lowest BCUT2D eigenvalue weighted by Gasteiger charge is -2.17. The van der Waals surface area contributed by atoms with E-state index in [1.54, 1.807) is 13.8 Å². The number of amides is 1. The molecule has 0 bridgehead atoms. The zero-order valence-electron chi connectivity index (χ0n) is 20.8. The van der Waals surface area contributed by atoms with E-state index in [0.717, 1.165) is 12.8 Å². The average Bonchev–Trinajstić information content (AvgIpc) is 2.82. The summed E-state index contributed by atoms with van der Waals surface area (Å²) in [5, 5.41) is 13.3. The Morgan fingerprint density at radius 2 is 1.62 bits per heavy atom. The maximum Gasteiger partial charge on any atom is 0.265 e. The third-order valence-electron chi connectivity index (χ3n) is 6.08. The van der Waals surface area contributed by atoms with Crippen LogP contribution in [0.25, 0.3) is 0 Å². The largest absolute Gasteiger partial charge is 0.504 e. The summed E-state index contributed by atoms with van der Waals surface area (Å²) in [7, 11) is 0. The number of benzene rings is 2. The fraction of sp³-hybridized carbons (Fsp3) is 0.536. The first kappa shape index (κ1) is 28.3. The van der Waals surface area contributed by atoms with E-state index in [2.05, 4.69) is 18.3 Å². The molecule has 0 saturated carbocycles. The lowest BCUT2D eigenvalue weighted by atomic mass is 10.0. The van der Waals surface area contributed by atoms with E-state index in [1.807, 2.05) is 18.2 Å². The average molecular weight is 509 g/mol. The molecule has 0 aromatic heterocycles. The van der Waals surface area contributed by atoms with Crippen molar-refractivity contribution in [2.24, 2.45) is 0 Å². The van der Waals surface area contributed by atoms with Gasteiger partial charge in [0.15, 0.2) is 11.9 Å². The fourth-order valence-electron chi connectivity index (χ4n) is 3.88. The predicted octanol–water partition coefficient (Wildman–Crippen LogP) is 8.88. The van der Waals surface area contributed by atoms with E-state index in [1.165, 1.54) is 69.4 Å². The number of aryl methyl sites for hydroxylation is 1. The lowest BCUT2D eigenvalue weighted by molar-refractivity contribution is -0.122. The van der Waals surface area contributed by atoms with E-state index in [4.69, 9.17) is 27.9 Å². The molecule has 0 aliphatic heterocycles. The number of rotatable bonds is 15. The van der Waals surface area contributed by atoms with Crippen molar-refractivity contribution in [1.29, 1.82) is 0 Å². The number of nitrogens with one attached hydrogen (secondary N) is 1. The van der Waals surface area contributed by atoms with Crippen molar-refractivity contribution in [3.8, 4) is 11.5 Å². The van der Waals surface area contributed by atoms with Crippen LogP contribution in [0.2, 0.25) is 10.0 Å². The minimum absolute atomic E-state index is 0.121. The van der Waals surface area contributed by atoms with E-state index in [0.29, 0.717) is 16.3 Å². The lowest BCUT2D eigenvalue weighted by Crippen LogP contribution is -2.30. The number of phenolic OH excluding ortho intramolecular Hbond substituents is 1. The molecule has 0 radical (unpaired) electrons. The van der Waals surface area contributed by atoms with Crippen LogP contribution in [0, 0.1) is 6.92 Å². The quantitative estimate of drug-likeness (QED) is 0.187. The van der Waals surface area contributed by atoms with Crippen molar-refractivity contribution in [1.82, 2.24) is 0 Å². The van der Waals surface area contributed by atoms with E-state index < -0.39 is 12.0 Å². The van der Waals surface area contributed by atoms with Crippen LogP contribution >= 0.6 is 23.2 Å². The third-order valence-corrected chi connectivity index (χ3v) is 6.93. The van der Waals surface area contributed by atoms with Crippen LogP contribution in [-0.4, -0.2) is 17.1 Å². The molecule has 0 saturated heterocycles. The predicted molar refractivity (Wildman–Crippen MR) is 144 cm³/mol. The van der Waals surface area contributed by atoms with Crippen molar-refractivity contribution in [2.45, 2.75) is 97.5 Å². The molecule has 6 heteroatoms. The van der Waals surface area contributed by atoms with Gasteiger partial charge < -0.3 is 15.2 Å². The molecule has 0 heterocycles. The Balaban J connectivity index is 1.75. The maximum absolute atomic E-state index is 12.6. The summed E-state index contributed by atoms with van der Waals surface area (Å²) in [6.45, 7) is 5.62. The van der Waals surface area contributed by atoms with Gasteiger partial charge in [0.1, 0.15) is 5.75 Å². The highest BCUT2D eigenvalue weighted by Crippen LogP contribution is 2.38. The SMILES string of the molecule is CCCCCCCCCCCCc1cccc(OC(C)C(=O)Nc2cc(Cl)c(C)c(Cl)c2O)c1. The number of carbonyl (C=O) groups excluding carboxylic acids is 1. The zero-order valence-corrected chi connectivity index (χ0v) is 22.3. The molecule has 2 N–H and O–H groups in total. The maximum atomic E-state index is 12.6. The minimum Gasteiger partial charge on any atom is -0.504 e. The third kappa shape index (κ3) is 9.38. The highest BCUT2D eigenvalue weighted by molar-refractivity contribution is 6.37. The van der Waals surface area contributed by atoms with E-state index >= 15 is 0 Å². The number of ether oxygens (including phenoxy) is 1. The van der Waals surface area contributed by atoms with Gasteiger partial charge in [0.2, 0.25) is 0 Å². The highest BCUT2D eigenvalue weighted by atomic mass is 35.5. The molecule has 2 aromatic carbocycles. The molecule has 188 valence electrons. The van der Waals surface area contributed by atoms with E-state index in [9.17, 15) is 9.90 Å². The minimum atomic E-state index is -0.758.